The Bertz CT molecular complexity index is 1150. The van der Waals surface area contributed by atoms with Crippen LogP contribution in [0.15, 0.2) is 38.1 Å². The number of amides is 3. The molecule has 1 saturated heterocycles. The van der Waals surface area contributed by atoms with E-state index in [4.69, 9.17) is 4.74 Å². The second-order valence-electron chi connectivity index (χ2n) is 6.98. The van der Waals surface area contributed by atoms with Crippen molar-refractivity contribution in [3.8, 4) is 11.5 Å². The van der Waals surface area contributed by atoms with Crippen molar-refractivity contribution in [2.75, 3.05) is 18.5 Å². The third-order valence-corrected chi connectivity index (χ3v) is 7.65. The van der Waals surface area contributed by atoms with Gasteiger partial charge in [-0.05, 0) is 99.8 Å². The van der Waals surface area contributed by atoms with E-state index in [0.29, 0.717) is 33.0 Å². The second kappa shape index (κ2) is 10.1. The molecule has 1 fully saturated rings. The number of aromatic hydroxyl groups is 1. The minimum atomic E-state index is -0.612. The minimum absolute atomic E-state index is 0.0885. The lowest BCUT2D eigenvalue weighted by atomic mass is 10.1. The molecule has 0 spiro atoms. The molecule has 0 unspecified atom stereocenters. The fourth-order valence-electron chi connectivity index (χ4n) is 2.94. The number of nitrogens with one attached hydrogen (secondary N) is 1. The molecule has 10 heteroatoms. The number of imide groups is 1. The van der Waals surface area contributed by atoms with Crippen LogP contribution in [0.25, 0.3) is 6.08 Å². The average molecular weight is 584 g/mol. The Hall–Kier alpha value is -2.30. The number of hydrogen-bond donors (Lipinski definition) is 2. The van der Waals surface area contributed by atoms with Gasteiger partial charge in [-0.2, -0.15) is 0 Å². The monoisotopic (exact) mass is 582 g/mol. The lowest BCUT2D eigenvalue weighted by Crippen LogP contribution is -2.36. The fraction of sp³-hybridized carbons (Fsp3) is 0.227. The molecular formula is C22H20Br2N2O5S. The molecular weight excluding hydrogens is 564 g/mol. The van der Waals surface area contributed by atoms with Gasteiger partial charge in [0.1, 0.15) is 6.54 Å². The molecule has 1 aliphatic heterocycles. The smallest absolute Gasteiger partial charge is 0.294 e. The van der Waals surface area contributed by atoms with E-state index in [0.717, 1.165) is 16.0 Å². The standard InChI is InChI=1S/C22H20Br2N2O5S/c1-4-31-16-9-15(23)19(24)14(20(16)28)8-17-21(29)26(22(30)32-17)10-18(27)25-13-6-5-11(2)12(3)7-13/h5-9,28H,4,10H2,1-3H3,(H,25,27)/b17-8-. The van der Waals surface area contributed by atoms with Crippen molar-refractivity contribution >= 4 is 72.4 Å². The first kappa shape index (κ1) is 24.3. The van der Waals surface area contributed by atoms with Crippen molar-refractivity contribution < 1.29 is 24.2 Å². The predicted molar refractivity (Wildman–Crippen MR) is 132 cm³/mol. The first-order valence-electron chi connectivity index (χ1n) is 9.58. The highest BCUT2D eigenvalue weighted by molar-refractivity contribution is 9.13. The van der Waals surface area contributed by atoms with Gasteiger partial charge in [-0.15, -0.1) is 0 Å². The molecule has 1 heterocycles. The highest BCUT2D eigenvalue weighted by Crippen LogP contribution is 2.43. The van der Waals surface area contributed by atoms with E-state index in [-0.39, 0.29) is 22.0 Å². The Morgan fingerprint density at radius 2 is 1.94 bits per heavy atom. The summed E-state index contributed by atoms with van der Waals surface area (Å²) < 4.78 is 6.53. The summed E-state index contributed by atoms with van der Waals surface area (Å²) in [5.41, 5.74) is 2.98. The Labute approximate surface area is 206 Å². The average Bonchev–Trinajstić information content (AvgIpc) is 2.99. The van der Waals surface area contributed by atoms with Gasteiger partial charge in [0.15, 0.2) is 11.5 Å². The van der Waals surface area contributed by atoms with Crippen molar-refractivity contribution in [3.63, 3.8) is 0 Å². The zero-order valence-corrected chi connectivity index (χ0v) is 21.5. The molecule has 0 radical (unpaired) electrons. The van der Waals surface area contributed by atoms with Gasteiger partial charge in [-0.3, -0.25) is 19.3 Å². The lowest BCUT2D eigenvalue weighted by Gasteiger charge is -2.13. The molecule has 0 saturated carbocycles. The number of phenols is 1. The van der Waals surface area contributed by atoms with Crippen LogP contribution in [0.4, 0.5) is 10.5 Å². The van der Waals surface area contributed by atoms with Crippen molar-refractivity contribution in [1.82, 2.24) is 4.90 Å². The van der Waals surface area contributed by atoms with Gasteiger partial charge >= 0.3 is 0 Å². The van der Waals surface area contributed by atoms with Crippen LogP contribution in [0.5, 0.6) is 11.5 Å². The van der Waals surface area contributed by atoms with Gasteiger partial charge in [0.25, 0.3) is 11.1 Å². The number of halogens is 2. The van der Waals surface area contributed by atoms with Crippen LogP contribution in [0, 0.1) is 13.8 Å². The molecule has 0 aliphatic carbocycles. The quantitative estimate of drug-likeness (QED) is 0.429. The van der Waals surface area contributed by atoms with Crippen LogP contribution < -0.4 is 10.1 Å². The summed E-state index contributed by atoms with van der Waals surface area (Å²) in [5, 5.41) is 12.7. The van der Waals surface area contributed by atoms with E-state index >= 15 is 0 Å². The van der Waals surface area contributed by atoms with E-state index < -0.39 is 23.6 Å². The van der Waals surface area contributed by atoms with Gasteiger partial charge in [-0.25, -0.2) is 0 Å². The molecule has 7 nitrogen and oxygen atoms in total. The molecule has 3 rings (SSSR count). The van der Waals surface area contributed by atoms with Crippen LogP contribution in [0.3, 0.4) is 0 Å². The summed E-state index contributed by atoms with van der Waals surface area (Å²) in [4.78, 5) is 38.6. The zero-order chi connectivity index (χ0) is 23.6. The van der Waals surface area contributed by atoms with Crippen LogP contribution in [0.1, 0.15) is 23.6 Å². The number of rotatable bonds is 6. The van der Waals surface area contributed by atoms with Gasteiger partial charge in [0, 0.05) is 20.2 Å². The number of phenolic OH excluding ortho intramolecular Hbond substituents is 1. The lowest BCUT2D eigenvalue weighted by molar-refractivity contribution is -0.127. The molecule has 0 bridgehead atoms. The summed E-state index contributed by atoms with van der Waals surface area (Å²) in [6.07, 6.45) is 1.40. The molecule has 3 amide bonds. The summed E-state index contributed by atoms with van der Waals surface area (Å²) in [6, 6.07) is 7.07. The predicted octanol–water partition coefficient (Wildman–Crippen LogP) is 5.61. The van der Waals surface area contributed by atoms with Crippen LogP contribution in [-0.2, 0) is 9.59 Å². The maximum atomic E-state index is 12.8. The minimum Gasteiger partial charge on any atom is -0.504 e. The fourth-order valence-corrected chi connectivity index (χ4v) is 4.60. The first-order chi connectivity index (χ1) is 15.1. The molecule has 2 aromatic rings. The Balaban J connectivity index is 1.81. The molecule has 2 aromatic carbocycles. The SMILES string of the molecule is CCOc1cc(Br)c(Br)c(/C=C2\SC(=O)N(CC(=O)Nc3ccc(C)c(C)c3)C2=O)c1O. The van der Waals surface area contributed by atoms with E-state index in [2.05, 4.69) is 37.2 Å². The molecule has 32 heavy (non-hydrogen) atoms. The molecule has 0 atom stereocenters. The topological polar surface area (TPSA) is 95.9 Å². The normalized spacial score (nSPS) is 14.9. The highest BCUT2D eigenvalue weighted by atomic mass is 79.9. The van der Waals surface area contributed by atoms with Crippen molar-refractivity contribution in [3.05, 3.63) is 54.8 Å². The number of benzene rings is 2. The number of carbonyl (C=O) groups excluding carboxylic acids is 3. The van der Waals surface area contributed by atoms with Crippen LogP contribution in [0.2, 0.25) is 0 Å². The molecule has 168 valence electrons. The number of carbonyl (C=O) groups is 3. The molecule has 1 aliphatic rings. The Morgan fingerprint density at radius 1 is 1.22 bits per heavy atom. The van der Waals surface area contributed by atoms with Crippen molar-refractivity contribution in [2.24, 2.45) is 0 Å². The van der Waals surface area contributed by atoms with Gasteiger partial charge < -0.3 is 15.2 Å². The Morgan fingerprint density at radius 3 is 2.59 bits per heavy atom. The highest BCUT2D eigenvalue weighted by Gasteiger charge is 2.36. The number of nitrogens with zero attached hydrogens (tertiary/aromatic N) is 1. The van der Waals surface area contributed by atoms with E-state index in [1.54, 1.807) is 19.1 Å². The molecule has 0 aromatic heterocycles. The Kier molecular flexibility index (Phi) is 7.68. The largest absolute Gasteiger partial charge is 0.504 e. The van der Waals surface area contributed by atoms with E-state index in [9.17, 15) is 19.5 Å². The van der Waals surface area contributed by atoms with Gasteiger partial charge in [0.05, 0.1) is 11.5 Å². The van der Waals surface area contributed by atoms with E-state index in [1.165, 1.54) is 6.08 Å². The molecule has 2 N–H and O–H groups in total. The third-order valence-electron chi connectivity index (χ3n) is 4.73. The zero-order valence-electron chi connectivity index (χ0n) is 17.5. The van der Waals surface area contributed by atoms with Crippen molar-refractivity contribution in [2.45, 2.75) is 20.8 Å². The van der Waals surface area contributed by atoms with Gasteiger partial charge in [-0.1, -0.05) is 6.07 Å². The number of thioether (sulfide) groups is 1. The maximum Gasteiger partial charge on any atom is 0.294 e. The number of anilines is 1. The summed E-state index contributed by atoms with van der Waals surface area (Å²) in [7, 11) is 0. The van der Waals surface area contributed by atoms with Crippen LogP contribution in [-0.4, -0.2) is 40.2 Å². The van der Waals surface area contributed by atoms with Crippen molar-refractivity contribution in [1.29, 1.82) is 0 Å². The van der Waals surface area contributed by atoms with Gasteiger partial charge in [0.2, 0.25) is 5.91 Å². The summed E-state index contributed by atoms with van der Waals surface area (Å²) >= 11 is 7.45. The summed E-state index contributed by atoms with van der Waals surface area (Å²) in [6.45, 7) is 5.60. The first-order valence-corrected chi connectivity index (χ1v) is 12.0. The third kappa shape index (κ3) is 5.19. The maximum absolute atomic E-state index is 12.8. The second-order valence-corrected chi connectivity index (χ2v) is 9.62. The van der Waals surface area contributed by atoms with E-state index in [1.807, 2.05) is 26.0 Å². The van der Waals surface area contributed by atoms with Crippen LogP contribution >= 0.6 is 43.6 Å². The number of ether oxygens (including phenoxy) is 1. The summed E-state index contributed by atoms with van der Waals surface area (Å²) in [5.74, 6) is -1.02. The number of hydrogen-bond acceptors (Lipinski definition) is 6. The number of aryl methyl sites for hydroxylation is 2.